The number of terminal acetylenes is 1. The van der Waals surface area contributed by atoms with E-state index in [0.29, 0.717) is 5.56 Å². The summed E-state index contributed by atoms with van der Waals surface area (Å²) < 4.78 is 1.60. The Hall–Kier alpha value is -2.26. The monoisotopic (exact) mass is 167 g/mol. The second-order valence-corrected chi connectivity index (χ2v) is 2.56. The van der Waals surface area contributed by atoms with Gasteiger partial charge in [0.15, 0.2) is 0 Å². The zero-order valence-electron chi connectivity index (χ0n) is 6.73. The van der Waals surface area contributed by atoms with Crippen LogP contribution in [0.4, 0.5) is 0 Å². The third-order valence-electron chi connectivity index (χ3n) is 1.80. The van der Waals surface area contributed by atoms with E-state index in [2.05, 4.69) is 17.1 Å². The van der Waals surface area contributed by atoms with E-state index in [4.69, 9.17) is 11.7 Å². The van der Waals surface area contributed by atoms with Crippen molar-refractivity contribution in [2.45, 2.75) is 0 Å². The first kappa shape index (κ1) is 7.39. The Morgan fingerprint density at radius 1 is 1.46 bits per heavy atom. The summed E-state index contributed by atoms with van der Waals surface area (Å²) in [5, 5.41) is 12.7. The molecule has 0 unspecified atom stereocenters. The number of rotatable bonds is 0. The third kappa shape index (κ3) is 1.04. The summed E-state index contributed by atoms with van der Waals surface area (Å²) in [7, 11) is 0. The van der Waals surface area contributed by atoms with Crippen molar-refractivity contribution in [2.75, 3.05) is 0 Å². The van der Waals surface area contributed by atoms with Crippen LogP contribution in [0.3, 0.4) is 0 Å². The van der Waals surface area contributed by atoms with E-state index in [1.807, 2.05) is 0 Å². The van der Waals surface area contributed by atoms with E-state index < -0.39 is 0 Å². The molecule has 0 fully saturated rings. The van der Waals surface area contributed by atoms with Crippen LogP contribution < -0.4 is 0 Å². The lowest BCUT2D eigenvalue weighted by Gasteiger charge is -1.93. The highest BCUT2D eigenvalue weighted by Gasteiger charge is 2.01. The zero-order chi connectivity index (χ0) is 9.26. The van der Waals surface area contributed by atoms with Crippen LogP contribution >= 0.6 is 0 Å². The Morgan fingerprint density at radius 3 is 3.00 bits per heavy atom. The van der Waals surface area contributed by atoms with Crippen LogP contribution in [0, 0.1) is 23.7 Å². The molecule has 0 amide bonds. The number of fused-ring (bicyclic) bond motifs is 1. The minimum atomic E-state index is 0.559. The van der Waals surface area contributed by atoms with Crippen LogP contribution in [0.25, 0.3) is 5.52 Å². The maximum Gasteiger partial charge on any atom is 0.103 e. The van der Waals surface area contributed by atoms with Gasteiger partial charge in [0.25, 0.3) is 0 Å². The molecule has 3 nitrogen and oxygen atoms in total. The molecule has 0 aliphatic carbocycles. The van der Waals surface area contributed by atoms with Gasteiger partial charge in [0, 0.05) is 11.8 Å². The lowest BCUT2D eigenvalue weighted by Crippen LogP contribution is -1.87. The fourth-order valence-electron chi connectivity index (χ4n) is 1.16. The molecule has 60 valence electrons. The maximum absolute atomic E-state index is 8.71. The summed E-state index contributed by atoms with van der Waals surface area (Å²) in [5.41, 5.74) is 2.09. The number of pyridine rings is 1. The normalized spacial score (nSPS) is 9.38. The van der Waals surface area contributed by atoms with E-state index >= 15 is 0 Å². The van der Waals surface area contributed by atoms with Crippen molar-refractivity contribution in [1.29, 1.82) is 5.26 Å². The van der Waals surface area contributed by atoms with Gasteiger partial charge in [-0.1, -0.05) is 5.92 Å². The third-order valence-corrected chi connectivity index (χ3v) is 1.80. The molecule has 0 aromatic carbocycles. The molecule has 2 aromatic heterocycles. The summed E-state index contributed by atoms with van der Waals surface area (Å²) in [4.78, 5) is 0. The standard InChI is InChI=1S/C10H5N3/c1-2-8-3-4-10-9(5-11)6-12-13(10)7-8/h1,3-4,6-7H. The first-order valence-corrected chi connectivity index (χ1v) is 3.69. The van der Waals surface area contributed by atoms with Crippen molar-refractivity contribution in [1.82, 2.24) is 9.61 Å². The molecule has 0 radical (unpaired) electrons. The van der Waals surface area contributed by atoms with E-state index in [1.54, 1.807) is 22.8 Å². The summed E-state index contributed by atoms with van der Waals surface area (Å²) in [6.07, 6.45) is 8.47. The molecule has 0 spiro atoms. The van der Waals surface area contributed by atoms with Gasteiger partial charge in [-0.25, -0.2) is 4.52 Å². The molecule has 2 aromatic rings. The minimum Gasteiger partial charge on any atom is -0.238 e. The average Bonchev–Trinajstić information content (AvgIpc) is 2.59. The Labute approximate surface area is 75.2 Å². The summed E-state index contributed by atoms with van der Waals surface area (Å²) in [5.74, 6) is 2.50. The highest BCUT2D eigenvalue weighted by molar-refractivity contribution is 5.60. The highest BCUT2D eigenvalue weighted by atomic mass is 15.2. The van der Waals surface area contributed by atoms with Crippen molar-refractivity contribution >= 4 is 5.52 Å². The number of hydrogen-bond donors (Lipinski definition) is 0. The second-order valence-electron chi connectivity index (χ2n) is 2.56. The number of nitrogens with zero attached hydrogens (tertiary/aromatic N) is 3. The lowest BCUT2D eigenvalue weighted by atomic mass is 10.2. The van der Waals surface area contributed by atoms with Crippen molar-refractivity contribution in [2.24, 2.45) is 0 Å². The molecule has 2 heterocycles. The maximum atomic E-state index is 8.71. The molecular formula is C10H5N3. The van der Waals surface area contributed by atoms with Gasteiger partial charge in [0.1, 0.15) is 6.07 Å². The first-order valence-electron chi connectivity index (χ1n) is 3.69. The van der Waals surface area contributed by atoms with Crippen molar-refractivity contribution in [3.05, 3.63) is 35.7 Å². The number of nitriles is 1. The molecule has 0 atom stereocenters. The molecule has 2 rings (SSSR count). The Bertz CT molecular complexity index is 537. The van der Waals surface area contributed by atoms with E-state index in [0.717, 1.165) is 11.1 Å². The Balaban J connectivity index is 2.79. The lowest BCUT2D eigenvalue weighted by molar-refractivity contribution is 0.958. The van der Waals surface area contributed by atoms with Crippen molar-refractivity contribution < 1.29 is 0 Å². The molecule has 0 saturated heterocycles. The van der Waals surface area contributed by atoms with Gasteiger partial charge >= 0.3 is 0 Å². The molecule has 0 bridgehead atoms. The fourth-order valence-corrected chi connectivity index (χ4v) is 1.16. The topological polar surface area (TPSA) is 41.1 Å². The molecule has 0 aliphatic heterocycles. The SMILES string of the molecule is C#Cc1ccc2c(C#N)cnn2c1. The summed E-state index contributed by atoms with van der Waals surface area (Å²) in [6, 6.07) is 5.63. The van der Waals surface area contributed by atoms with E-state index in [-0.39, 0.29) is 0 Å². The van der Waals surface area contributed by atoms with E-state index in [1.165, 1.54) is 6.20 Å². The van der Waals surface area contributed by atoms with Gasteiger partial charge in [-0.05, 0) is 12.1 Å². The van der Waals surface area contributed by atoms with Crippen LogP contribution in [-0.2, 0) is 0 Å². The van der Waals surface area contributed by atoms with Gasteiger partial charge < -0.3 is 0 Å². The van der Waals surface area contributed by atoms with Crippen molar-refractivity contribution in [3.63, 3.8) is 0 Å². The minimum absolute atomic E-state index is 0.559. The summed E-state index contributed by atoms with van der Waals surface area (Å²) >= 11 is 0. The Kier molecular flexibility index (Phi) is 1.51. The van der Waals surface area contributed by atoms with E-state index in [9.17, 15) is 0 Å². The van der Waals surface area contributed by atoms with Gasteiger partial charge in [0.05, 0.1) is 17.3 Å². The van der Waals surface area contributed by atoms with Gasteiger partial charge in [0.2, 0.25) is 0 Å². The first-order chi connectivity index (χ1) is 6.35. The smallest absolute Gasteiger partial charge is 0.103 e. The van der Waals surface area contributed by atoms with Crippen LogP contribution in [0.5, 0.6) is 0 Å². The Morgan fingerprint density at radius 2 is 2.31 bits per heavy atom. The largest absolute Gasteiger partial charge is 0.238 e. The van der Waals surface area contributed by atoms with Crippen LogP contribution in [-0.4, -0.2) is 9.61 Å². The average molecular weight is 167 g/mol. The fraction of sp³-hybridized carbons (Fsp3) is 0. The van der Waals surface area contributed by atoms with Gasteiger partial charge in [-0.2, -0.15) is 10.4 Å². The molecule has 0 aliphatic rings. The molecule has 0 N–H and O–H groups in total. The molecule has 0 saturated carbocycles. The number of aromatic nitrogens is 2. The predicted molar refractivity (Wildman–Crippen MR) is 47.8 cm³/mol. The highest BCUT2D eigenvalue weighted by Crippen LogP contribution is 2.09. The molecule has 3 heteroatoms. The van der Waals surface area contributed by atoms with Gasteiger partial charge in [-0.15, -0.1) is 6.42 Å². The summed E-state index contributed by atoms with van der Waals surface area (Å²) in [6.45, 7) is 0. The second kappa shape index (κ2) is 2.66. The van der Waals surface area contributed by atoms with Crippen LogP contribution in [0.1, 0.15) is 11.1 Å². The van der Waals surface area contributed by atoms with Gasteiger partial charge in [-0.3, -0.25) is 0 Å². The van der Waals surface area contributed by atoms with Crippen LogP contribution in [0.2, 0.25) is 0 Å². The van der Waals surface area contributed by atoms with Crippen molar-refractivity contribution in [3.8, 4) is 18.4 Å². The quantitative estimate of drug-likeness (QED) is 0.553. The van der Waals surface area contributed by atoms with Crippen LogP contribution in [0.15, 0.2) is 24.5 Å². The predicted octanol–water partition coefficient (Wildman–Crippen LogP) is 1.19. The molecular weight excluding hydrogens is 162 g/mol. The number of hydrogen-bond acceptors (Lipinski definition) is 2. The molecule has 13 heavy (non-hydrogen) atoms. The zero-order valence-corrected chi connectivity index (χ0v) is 6.73.